The zero-order valence-electron chi connectivity index (χ0n) is 14.5. The lowest BCUT2D eigenvalue weighted by atomic mass is 10.1. The zero-order valence-corrected chi connectivity index (χ0v) is 16.0. The third kappa shape index (κ3) is 3.75. The number of rotatable bonds is 4. The van der Waals surface area contributed by atoms with Gasteiger partial charge in [-0.2, -0.15) is 0 Å². The lowest BCUT2D eigenvalue weighted by Gasteiger charge is -2.34. The van der Waals surface area contributed by atoms with E-state index in [2.05, 4.69) is 0 Å². The maximum atomic E-state index is 13.1. The Balaban J connectivity index is 1.87. The van der Waals surface area contributed by atoms with Gasteiger partial charge in [0.15, 0.2) is 0 Å². The monoisotopic (exact) mass is 395 g/mol. The number of carbonyl (C=O) groups excluding carboxylic acids is 1. The highest BCUT2D eigenvalue weighted by atomic mass is 35.5. The van der Waals surface area contributed by atoms with Crippen LogP contribution in [0, 0.1) is 0 Å². The van der Waals surface area contributed by atoms with Gasteiger partial charge in [0.2, 0.25) is 0 Å². The molecule has 1 atom stereocenters. The molecular weight excluding hydrogens is 377 g/mol. The van der Waals surface area contributed by atoms with Crippen molar-refractivity contribution in [1.82, 2.24) is 4.90 Å². The Morgan fingerprint density at radius 1 is 1.15 bits per heavy atom. The number of methoxy groups -OCH3 is 2. The van der Waals surface area contributed by atoms with Gasteiger partial charge in [-0.25, -0.2) is 0 Å². The van der Waals surface area contributed by atoms with Crippen LogP contribution >= 0.6 is 23.2 Å². The quantitative estimate of drug-likeness (QED) is 0.777. The topological polar surface area (TPSA) is 48.0 Å². The first-order chi connectivity index (χ1) is 12.5. The smallest absolute Gasteiger partial charge is 0.261 e. The number of ether oxygens (including phenoxy) is 3. The van der Waals surface area contributed by atoms with E-state index >= 15 is 0 Å². The van der Waals surface area contributed by atoms with Gasteiger partial charge in [0, 0.05) is 22.2 Å². The standard InChI is InChI=1S/C19H19Cl2NO4/c1-24-15-4-3-5-16(25-2)18(15)19(23)22-8-9-26-17(11-22)13-7-6-12(20)10-14(13)21/h3-7,10,17H,8-9,11H2,1-2H3. The lowest BCUT2D eigenvalue weighted by molar-refractivity contribution is -0.0229. The number of hydrogen-bond donors (Lipinski definition) is 0. The maximum Gasteiger partial charge on any atom is 0.261 e. The van der Waals surface area contributed by atoms with Gasteiger partial charge in [-0.15, -0.1) is 0 Å². The van der Waals surface area contributed by atoms with E-state index in [1.54, 1.807) is 35.2 Å². The second kappa shape index (κ2) is 8.16. The third-order valence-corrected chi connectivity index (χ3v) is 4.87. The Bertz CT molecular complexity index is 790. The molecule has 0 saturated carbocycles. The van der Waals surface area contributed by atoms with Crippen LogP contribution < -0.4 is 9.47 Å². The maximum absolute atomic E-state index is 13.1. The molecule has 1 saturated heterocycles. The molecule has 2 aromatic carbocycles. The Morgan fingerprint density at radius 2 is 1.85 bits per heavy atom. The summed E-state index contributed by atoms with van der Waals surface area (Å²) in [7, 11) is 3.06. The van der Waals surface area contributed by atoms with Gasteiger partial charge in [-0.05, 0) is 24.3 Å². The van der Waals surface area contributed by atoms with Gasteiger partial charge in [-0.1, -0.05) is 35.3 Å². The van der Waals surface area contributed by atoms with Crippen molar-refractivity contribution in [2.45, 2.75) is 6.10 Å². The number of nitrogens with zero attached hydrogens (tertiary/aromatic N) is 1. The Hall–Kier alpha value is -1.95. The summed E-state index contributed by atoms with van der Waals surface area (Å²) in [6.45, 7) is 1.26. The number of hydrogen-bond acceptors (Lipinski definition) is 4. The molecule has 0 spiro atoms. The second-order valence-corrected chi connectivity index (χ2v) is 6.66. The molecule has 0 radical (unpaired) electrons. The van der Waals surface area contributed by atoms with Crippen LogP contribution in [0.25, 0.3) is 0 Å². The van der Waals surface area contributed by atoms with Crippen LogP contribution in [0.5, 0.6) is 11.5 Å². The van der Waals surface area contributed by atoms with Crippen LogP contribution in [-0.4, -0.2) is 44.7 Å². The van der Waals surface area contributed by atoms with E-state index < -0.39 is 0 Å². The fraction of sp³-hybridized carbons (Fsp3) is 0.316. The number of morpholine rings is 1. The molecule has 1 fully saturated rings. The van der Waals surface area contributed by atoms with E-state index in [0.717, 1.165) is 5.56 Å². The average molecular weight is 396 g/mol. The Morgan fingerprint density at radius 3 is 2.46 bits per heavy atom. The normalized spacial score (nSPS) is 17.1. The largest absolute Gasteiger partial charge is 0.496 e. The minimum atomic E-state index is -0.321. The van der Waals surface area contributed by atoms with E-state index in [4.69, 9.17) is 37.4 Å². The number of halogens is 2. The predicted molar refractivity (Wildman–Crippen MR) is 101 cm³/mol. The molecule has 26 heavy (non-hydrogen) atoms. The summed E-state index contributed by atoms with van der Waals surface area (Å²) in [4.78, 5) is 14.9. The van der Waals surface area contributed by atoms with Gasteiger partial charge in [-0.3, -0.25) is 4.79 Å². The summed E-state index contributed by atoms with van der Waals surface area (Å²) in [5, 5.41) is 1.08. The minimum Gasteiger partial charge on any atom is -0.496 e. The molecule has 1 heterocycles. The SMILES string of the molecule is COc1cccc(OC)c1C(=O)N1CCOC(c2ccc(Cl)cc2Cl)C1. The first-order valence-corrected chi connectivity index (χ1v) is 8.87. The zero-order chi connectivity index (χ0) is 18.7. The van der Waals surface area contributed by atoms with Crippen LogP contribution in [0.4, 0.5) is 0 Å². The van der Waals surface area contributed by atoms with Crippen molar-refractivity contribution < 1.29 is 19.0 Å². The molecule has 3 rings (SSSR count). The lowest BCUT2D eigenvalue weighted by Crippen LogP contribution is -2.42. The van der Waals surface area contributed by atoms with E-state index in [9.17, 15) is 4.79 Å². The van der Waals surface area contributed by atoms with Gasteiger partial charge in [0.25, 0.3) is 5.91 Å². The van der Waals surface area contributed by atoms with Gasteiger partial charge >= 0.3 is 0 Å². The highest BCUT2D eigenvalue weighted by Crippen LogP contribution is 2.34. The molecule has 1 unspecified atom stereocenters. The fourth-order valence-corrected chi connectivity index (χ4v) is 3.53. The van der Waals surface area contributed by atoms with Gasteiger partial charge in [0.05, 0.1) is 27.4 Å². The van der Waals surface area contributed by atoms with E-state index in [1.807, 2.05) is 6.07 Å². The molecule has 2 aromatic rings. The number of carbonyl (C=O) groups is 1. The molecule has 7 heteroatoms. The van der Waals surface area contributed by atoms with Gasteiger partial charge < -0.3 is 19.1 Å². The first-order valence-electron chi connectivity index (χ1n) is 8.12. The van der Waals surface area contributed by atoms with Crippen molar-refractivity contribution in [2.24, 2.45) is 0 Å². The highest BCUT2D eigenvalue weighted by molar-refractivity contribution is 6.35. The Labute approximate surface area is 162 Å². The summed E-state index contributed by atoms with van der Waals surface area (Å²) in [6, 6.07) is 10.5. The van der Waals surface area contributed by atoms with E-state index in [0.29, 0.717) is 46.8 Å². The summed E-state index contributed by atoms with van der Waals surface area (Å²) < 4.78 is 16.5. The molecule has 0 aromatic heterocycles. The highest BCUT2D eigenvalue weighted by Gasteiger charge is 2.30. The van der Waals surface area contributed by atoms with Crippen molar-refractivity contribution >= 4 is 29.1 Å². The van der Waals surface area contributed by atoms with Crippen LogP contribution in [-0.2, 0) is 4.74 Å². The van der Waals surface area contributed by atoms with Crippen molar-refractivity contribution in [2.75, 3.05) is 33.9 Å². The summed E-state index contributed by atoms with van der Waals surface area (Å²) in [5.41, 5.74) is 1.21. The molecule has 0 aliphatic carbocycles. The van der Waals surface area contributed by atoms with Crippen molar-refractivity contribution in [3.8, 4) is 11.5 Å². The van der Waals surface area contributed by atoms with Crippen LogP contribution in [0.2, 0.25) is 10.0 Å². The Kier molecular flexibility index (Phi) is 5.91. The molecule has 138 valence electrons. The molecule has 0 N–H and O–H groups in total. The number of benzene rings is 2. The molecule has 1 amide bonds. The first kappa shape index (κ1) is 18.8. The van der Waals surface area contributed by atoms with Crippen LogP contribution in [0.3, 0.4) is 0 Å². The van der Waals surface area contributed by atoms with Crippen LogP contribution in [0.15, 0.2) is 36.4 Å². The fourth-order valence-electron chi connectivity index (χ4n) is 3.00. The van der Waals surface area contributed by atoms with Crippen molar-refractivity contribution in [3.05, 3.63) is 57.6 Å². The minimum absolute atomic E-state index is 0.169. The summed E-state index contributed by atoms with van der Waals surface area (Å²) in [6.07, 6.45) is -0.321. The van der Waals surface area contributed by atoms with Crippen molar-refractivity contribution in [3.63, 3.8) is 0 Å². The molecule has 1 aliphatic heterocycles. The molecule has 5 nitrogen and oxygen atoms in total. The summed E-state index contributed by atoms with van der Waals surface area (Å²) >= 11 is 12.3. The van der Waals surface area contributed by atoms with E-state index in [1.165, 1.54) is 14.2 Å². The van der Waals surface area contributed by atoms with Gasteiger partial charge in [0.1, 0.15) is 23.2 Å². The molecule has 1 aliphatic rings. The predicted octanol–water partition coefficient (Wildman–Crippen LogP) is 4.22. The average Bonchev–Trinajstić information content (AvgIpc) is 2.66. The van der Waals surface area contributed by atoms with Crippen LogP contribution in [0.1, 0.15) is 22.0 Å². The molecular formula is C19H19Cl2NO4. The number of amides is 1. The molecule has 0 bridgehead atoms. The third-order valence-electron chi connectivity index (χ3n) is 4.30. The second-order valence-electron chi connectivity index (χ2n) is 5.81. The van der Waals surface area contributed by atoms with E-state index in [-0.39, 0.29) is 12.0 Å². The van der Waals surface area contributed by atoms with Crippen molar-refractivity contribution in [1.29, 1.82) is 0 Å². The summed E-state index contributed by atoms with van der Waals surface area (Å²) in [5.74, 6) is 0.779.